The molecule has 33 heavy (non-hydrogen) atoms. The summed E-state index contributed by atoms with van der Waals surface area (Å²) < 4.78 is 0. The van der Waals surface area contributed by atoms with Gasteiger partial charge >= 0.3 is 5.97 Å². The normalized spacial score (nSPS) is 11.9. The molecule has 1 amide bonds. The predicted molar refractivity (Wildman–Crippen MR) is 122 cm³/mol. The predicted octanol–water partition coefficient (Wildman–Crippen LogP) is 2.83. The number of H-pyrrole nitrogens is 1. The molecule has 0 bridgehead atoms. The van der Waals surface area contributed by atoms with Crippen LogP contribution in [0.2, 0.25) is 5.02 Å². The van der Waals surface area contributed by atoms with Crippen molar-refractivity contribution in [2.75, 3.05) is 6.54 Å². The molecule has 10 heteroatoms. The van der Waals surface area contributed by atoms with E-state index in [0.29, 0.717) is 5.02 Å². The van der Waals surface area contributed by atoms with Crippen molar-refractivity contribution < 1.29 is 24.6 Å². The number of carboxylic acids is 1. The Balaban J connectivity index is 1.77. The summed E-state index contributed by atoms with van der Waals surface area (Å²) in [5.74, 6) is -2.35. The molecule has 0 aliphatic heterocycles. The maximum absolute atomic E-state index is 12.6. The summed E-state index contributed by atoms with van der Waals surface area (Å²) in [7, 11) is 0. The van der Waals surface area contributed by atoms with Crippen molar-refractivity contribution in [3.63, 3.8) is 0 Å². The first-order chi connectivity index (χ1) is 15.6. The van der Waals surface area contributed by atoms with Gasteiger partial charge in [0.15, 0.2) is 11.9 Å². The minimum Gasteiger partial charge on any atom is -0.479 e. The van der Waals surface area contributed by atoms with Gasteiger partial charge < -0.3 is 10.2 Å². The zero-order valence-corrected chi connectivity index (χ0v) is 18.8. The molecular weight excluding hydrogens is 448 g/mol. The molecule has 1 heterocycles. The van der Waals surface area contributed by atoms with Crippen LogP contribution in [0.4, 0.5) is 0 Å². The lowest BCUT2D eigenvalue weighted by Crippen LogP contribution is -2.47. The molecular formula is C23H23ClN4O5. The van der Waals surface area contributed by atoms with Gasteiger partial charge in [-0.2, -0.15) is 5.10 Å². The van der Waals surface area contributed by atoms with Gasteiger partial charge in [-0.25, -0.2) is 9.80 Å². The second-order valence-corrected chi connectivity index (χ2v) is 7.99. The molecule has 0 aliphatic rings. The number of hydrazine groups is 1. The molecule has 9 nitrogen and oxygen atoms in total. The Morgan fingerprint density at radius 3 is 2.45 bits per heavy atom. The highest BCUT2D eigenvalue weighted by molar-refractivity contribution is 6.30. The van der Waals surface area contributed by atoms with E-state index in [1.807, 2.05) is 49.4 Å². The van der Waals surface area contributed by atoms with Gasteiger partial charge in [-0.1, -0.05) is 41.9 Å². The van der Waals surface area contributed by atoms with E-state index in [4.69, 9.17) is 16.7 Å². The topological polar surface area (TPSA) is 136 Å². The van der Waals surface area contributed by atoms with Crippen LogP contribution < -0.4 is 5.43 Å². The van der Waals surface area contributed by atoms with E-state index in [9.17, 15) is 19.5 Å². The number of aromatic amines is 1. The number of aliphatic hydroxyl groups excluding tert-OH is 1. The minimum atomic E-state index is -1.71. The molecule has 3 rings (SSSR count). The highest BCUT2D eigenvalue weighted by Gasteiger charge is 2.21. The Hall–Kier alpha value is -3.53. The highest BCUT2D eigenvalue weighted by atomic mass is 35.5. The van der Waals surface area contributed by atoms with Crippen LogP contribution in [-0.4, -0.2) is 55.7 Å². The summed E-state index contributed by atoms with van der Waals surface area (Å²) in [6.07, 6.45) is -1.71. The van der Waals surface area contributed by atoms with E-state index < -0.39 is 18.0 Å². The second-order valence-electron chi connectivity index (χ2n) is 7.55. The maximum Gasteiger partial charge on any atom is 0.333 e. The lowest BCUT2D eigenvalue weighted by atomic mass is 9.99. The Bertz CT molecular complexity index is 1180. The van der Waals surface area contributed by atoms with Crippen LogP contribution >= 0.6 is 11.6 Å². The lowest BCUT2D eigenvalue weighted by Gasteiger charge is -2.24. The van der Waals surface area contributed by atoms with Gasteiger partial charge in [0.1, 0.15) is 11.4 Å². The third-order valence-electron chi connectivity index (χ3n) is 4.96. The Kier molecular flexibility index (Phi) is 7.59. The van der Waals surface area contributed by atoms with E-state index in [1.54, 1.807) is 0 Å². The fourth-order valence-electron chi connectivity index (χ4n) is 3.17. The number of ketones is 1. The number of Topliss-reactive ketones (excluding diaryl/α,β-unsaturated/α-hetero) is 1. The summed E-state index contributed by atoms with van der Waals surface area (Å²) in [5.41, 5.74) is 6.46. The number of aliphatic hydroxyl groups is 1. The first-order valence-corrected chi connectivity index (χ1v) is 10.4. The number of carboxylic acid groups (broad SMARTS) is 1. The summed E-state index contributed by atoms with van der Waals surface area (Å²) in [6.45, 7) is 3.07. The number of hydrogen-bond acceptors (Lipinski definition) is 6. The van der Waals surface area contributed by atoms with Crippen LogP contribution in [-0.2, 0) is 11.3 Å². The third kappa shape index (κ3) is 6.26. The highest BCUT2D eigenvalue weighted by Crippen LogP contribution is 2.27. The molecule has 0 saturated carbocycles. The van der Waals surface area contributed by atoms with Gasteiger partial charge in [-0.05, 0) is 47.4 Å². The van der Waals surface area contributed by atoms with Crippen molar-refractivity contribution in [3.05, 3.63) is 76.1 Å². The van der Waals surface area contributed by atoms with Crippen molar-refractivity contribution in [3.8, 4) is 11.1 Å². The number of nitrogens with one attached hydrogen (secondary N) is 2. The van der Waals surface area contributed by atoms with Crippen molar-refractivity contribution in [2.24, 2.45) is 0 Å². The molecule has 0 unspecified atom stereocenters. The third-order valence-corrected chi connectivity index (χ3v) is 5.19. The standard InChI is InChI=1S/C23H23ClN4O5/c1-13-3-8-17(24)9-18(13)16-6-4-15(5-7-16)11-28(12-21(30)23(32)33)27-22(31)20-10-19(14(2)29)25-26-20/h3-10,21,30H,11-12H2,1-2H3,(H,25,26)(H,27,31)(H,32,33)/t21-/m0/s1. The fraction of sp³-hybridized carbons (Fsp3) is 0.217. The Morgan fingerprint density at radius 2 is 1.85 bits per heavy atom. The largest absolute Gasteiger partial charge is 0.479 e. The molecule has 0 saturated heterocycles. The van der Waals surface area contributed by atoms with E-state index in [2.05, 4.69) is 15.6 Å². The monoisotopic (exact) mass is 470 g/mol. The lowest BCUT2D eigenvalue weighted by molar-refractivity contribution is -0.148. The Morgan fingerprint density at radius 1 is 1.15 bits per heavy atom. The van der Waals surface area contributed by atoms with Crippen LogP contribution in [0.3, 0.4) is 0 Å². The number of benzene rings is 2. The molecule has 3 aromatic rings. The van der Waals surface area contributed by atoms with Gasteiger partial charge in [0.05, 0.1) is 6.54 Å². The van der Waals surface area contributed by atoms with Gasteiger partial charge in [-0.3, -0.25) is 20.1 Å². The molecule has 2 aromatic carbocycles. The number of aryl methyl sites for hydroxylation is 1. The fourth-order valence-corrected chi connectivity index (χ4v) is 3.35. The van der Waals surface area contributed by atoms with E-state index in [0.717, 1.165) is 22.3 Å². The average Bonchev–Trinajstić information content (AvgIpc) is 3.27. The number of aliphatic carboxylic acids is 1. The zero-order chi connectivity index (χ0) is 24.1. The van der Waals surface area contributed by atoms with Crippen LogP contribution in [0.15, 0.2) is 48.5 Å². The summed E-state index contributed by atoms with van der Waals surface area (Å²) in [6, 6.07) is 14.4. The number of carbonyl (C=O) groups is 3. The van der Waals surface area contributed by atoms with Crippen LogP contribution in [0, 0.1) is 6.92 Å². The minimum absolute atomic E-state index is 0.0294. The summed E-state index contributed by atoms with van der Waals surface area (Å²) in [4.78, 5) is 35.1. The number of halogens is 1. The van der Waals surface area contributed by atoms with Crippen molar-refractivity contribution in [1.29, 1.82) is 0 Å². The molecule has 1 aromatic heterocycles. The quantitative estimate of drug-likeness (QED) is 0.279. The average molecular weight is 471 g/mol. The second kappa shape index (κ2) is 10.4. The van der Waals surface area contributed by atoms with Crippen LogP contribution in [0.25, 0.3) is 11.1 Å². The summed E-state index contributed by atoms with van der Waals surface area (Å²) >= 11 is 6.11. The molecule has 0 fully saturated rings. The number of hydrogen-bond donors (Lipinski definition) is 4. The first-order valence-electron chi connectivity index (χ1n) is 10.0. The zero-order valence-electron chi connectivity index (χ0n) is 18.0. The van der Waals surface area contributed by atoms with Crippen molar-refractivity contribution in [2.45, 2.75) is 26.5 Å². The SMILES string of the molecule is CC(=O)c1cc(C(=O)NN(Cc2ccc(-c3cc(Cl)ccc3C)cc2)C[C@H](O)C(=O)O)[nH]n1. The van der Waals surface area contributed by atoms with E-state index in [-0.39, 0.29) is 30.3 Å². The van der Waals surface area contributed by atoms with Gasteiger partial charge in [0, 0.05) is 18.5 Å². The Labute approximate surface area is 195 Å². The number of amides is 1. The van der Waals surface area contributed by atoms with Gasteiger partial charge in [0.25, 0.3) is 5.91 Å². The van der Waals surface area contributed by atoms with Crippen molar-refractivity contribution >= 4 is 29.3 Å². The number of carbonyl (C=O) groups excluding carboxylic acids is 2. The molecule has 1 atom stereocenters. The van der Waals surface area contributed by atoms with Gasteiger partial charge in [0.2, 0.25) is 0 Å². The maximum atomic E-state index is 12.6. The molecule has 0 spiro atoms. The number of nitrogens with zero attached hydrogens (tertiary/aromatic N) is 2. The van der Waals surface area contributed by atoms with Gasteiger partial charge in [-0.15, -0.1) is 0 Å². The molecule has 0 aliphatic carbocycles. The molecule has 0 radical (unpaired) electrons. The van der Waals surface area contributed by atoms with E-state index >= 15 is 0 Å². The number of rotatable bonds is 9. The van der Waals surface area contributed by atoms with E-state index in [1.165, 1.54) is 18.0 Å². The first kappa shape index (κ1) is 24.1. The molecule has 172 valence electrons. The van der Waals surface area contributed by atoms with Crippen LogP contribution in [0.1, 0.15) is 39.0 Å². The van der Waals surface area contributed by atoms with Crippen molar-refractivity contribution in [1.82, 2.24) is 20.6 Å². The van der Waals surface area contributed by atoms with Crippen LogP contribution in [0.5, 0.6) is 0 Å². The summed E-state index contributed by atoms with van der Waals surface area (Å²) in [5, 5.41) is 27.0. The molecule has 4 N–H and O–H groups in total. The number of aromatic nitrogens is 2. The smallest absolute Gasteiger partial charge is 0.333 e.